The summed E-state index contributed by atoms with van der Waals surface area (Å²) >= 11 is 0. The van der Waals surface area contributed by atoms with Crippen molar-refractivity contribution in [2.75, 3.05) is 19.8 Å². The number of benzene rings is 2. The third-order valence-electron chi connectivity index (χ3n) is 6.46. The van der Waals surface area contributed by atoms with Gasteiger partial charge in [-0.1, -0.05) is 40.2 Å². The van der Waals surface area contributed by atoms with Gasteiger partial charge in [-0.15, -0.1) is 0 Å². The maximum atomic E-state index is 12.8. The van der Waals surface area contributed by atoms with E-state index in [0.717, 1.165) is 50.5 Å². The first-order valence-electron chi connectivity index (χ1n) is 14.7. The molecule has 0 unspecified atom stereocenters. The van der Waals surface area contributed by atoms with Gasteiger partial charge in [0.25, 0.3) is 0 Å². The predicted molar refractivity (Wildman–Crippen MR) is 162 cm³/mol. The van der Waals surface area contributed by atoms with Crippen molar-refractivity contribution in [3.8, 4) is 17.2 Å². The Morgan fingerprint density at radius 2 is 1.40 bits per heavy atom. The lowest BCUT2D eigenvalue weighted by Crippen LogP contribution is -2.17. The quantitative estimate of drug-likeness (QED) is 0.0857. The van der Waals surface area contributed by atoms with E-state index in [9.17, 15) is 14.4 Å². The van der Waals surface area contributed by atoms with Crippen molar-refractivity contribution in [2.45, 2.75) is 90.9 Å². The standard InChI is InChI=1S/C34H46O8/c1-25(2)32(37)40-23-13-9-8-12-22-39-27-17-15-26(16-18-27)33(38)41-28-19-20-30(29(24-28)34(3,4)5)42-31(36)14-10-6-7-11-21-35/h15-20,24,35H,1,6-14,21-23H2,2-5H3. The largest absolute Gasteiger partial charge is 0.494 e. The number of aliphatic hydroxyl groups is 1. The third-order valence-corrected chi connectivity index (χ3v) is 6.46. The lowest BCUT2D eigenvalue weighted by atomic mass is 9.86. The molecular weight excluding hydrogens is 536 g/mol. The van der Waals surface area contributed by atoms with Crippen molar-refractivity contribution >= 4 is 17.9 Å². The van der Waals surface area contributed by atoms with Crippen molar-refractivity contribution in [1.29, 1.82) is 0 Å². The summed E-state index contributed by atoms with van der Waals surface area (Å²) in [5, 5.41) is 8.87. The molecule has 1 N–H and O–H groups in total. The van der Waals surface area contributed by atoms with E-state index >= 15 is 0 Å². The van der Waals surface area contributed by atoms with Crippen molar-refractivity contribution in [1.82, 2.24) is 0 Å². The van der Waals surface area contributed by atoms with Gasteiger partial charge in [0, 0.05) is 24.2 Å². The number of carbonyl (C=O) groups is 3. The average Bonchev–Trinajstić information content (AvgIpc) is 2.94. The van der Waals surface area contributed by atoms with E-state index in [1.54, 1.807) is 49.4 Å². The Balaban J connectivity index is 1.83. The van der Waals surface area contributed by atoms with Crippen LogP contribution in [-0.4, -0.2) is 42.8 Å². The summed E-state index contributed by atoms with van der Waals surface area (Å²) in [6, 6.07) is 11.8. The first-order chi connectivity index (χ1) is 20.0. The Bertz CT molecular complexity index is 1160. The lowest BCUT2D eigenvalue weighted by Gasteiger charge is -2.23. The van der Waals surface area contributed by atoms with Gasteiger partial charge in [-0.25, -0.2) is 9.59 Å². The van der Waals surface area contributed by atoms with Crippen LogP contribution in [0, 0.1) is 0 Å². The fourth-order valence-corrected chi connectivity index (χ4v) is 4.05. The van der Waals surface area contributed by atoms with E-state index in [0.29, 0.717) is 54.4 Å². The van der Waals surface area contributed by atoms with Crippen LogP contribution in [-0.2, 0) is 19.7 Å². The molecule has 8 heteroatoms. The Hall–Kier alpha value is -3.65. The van der Waals surface area contributed by atoms with Crippen LogP contribution < -0.4 is 14.2 Å². The highest BCUT2D eigenvalue weighted by Gasteiger charge is 2.22. The molecule has 2 rings (SSSR count). The number of rotatable bonds is 18. The highest BCUT2D eigenvalue weighted by molar-refractivity contribution is 5.91. The Labute approximate surface area is 250 Å². The molecule has 0 aliphatic rings. The number of esters is 3. The summed E-state index contributed by atoms with van der Waals surface area (Å²) in [5.74, 6) is 0.323. The minimum atomic E-state index is -0.499. The Morgan fingerprint density at radius 1 is 0.786 bits per heavy atom. The highest BCUT2D eigenvalue weighted by atomic mass is 16.5. The molecule has 0 saturated heterocycles. The molecular formula is C34H46O8. The zero-order chi connectivity index (χ0) is 31.0. The van der Waals surface area contributed by atoms with Crippen LogP contribution >= 0.6 is 0 Å². The third kappa shape index (κ3) is 12.9. The second-order valence-corrected chi connectivity index (χ2v) is 11.4. The summed E-state index contributed by atoms with van der Waals surface area (Å²) in [6.07, 6.45) is 7.05. The normalized spacial score (nSPS) is 11.1. The highest BCUT2D eigenvalue weighted by Crippen LogP contribution is 2.35. The van der Waals surface area contributed by atoms with Gasteiger partial charge < -0.3 is 24.1 Å². The molecule has 8 nitrogen and oxygen atoms in total. The minimum absolute atomic E-state index is 0.164. The molecule has 0 atom stereocenters. The molecule has 0 spiro atoms. The van der Waals surface area contributed by atoms with Crippen LogP contribution in [0.4, 0.5) is 0 Å². The first kappa shape index (κ1) is 34.6. The van der Waals surface area contributed by atoms with Gasteiger partial charge in [-0.3, -0.25) is 4.79 Å². The number of ether oxygens (including phenoxy) is 4. The monoisotopic (exact) mass is 582 g/mol. The minimum Gasteiger partial charge on any atom is -0.494 e. The van der Waals surface area contributed by atoms with Gasteiger partial charge in [-0.05, 0) is 93.3 Å². The molecule has 0 aromatic heterocycles. The molecule has 230 valence electrons. The molecule has 0 heterocycles. The zero-order valence-corrected chi connectivity index (χ0v) is 25.5. The summed E-state index contributed by atoms with van der Waals surface area (Å²) in [4.78, 5) is 36.5. The Kier molecular flexibility index (Phi) is 14.8. The number of carbonyl (C=O) groups excluding carboxylic acids is 3. The summed E-state index contributed by atoms with van der Waals surface area (Å²) < 4.78 is 22.1. The molecule has 0 bridgehead atoms. The van der Waals surface area contributed by atoms with Gasteiger partial charge in [-0.2, -0.15) is 0 Å². The smallest absolute Gasteiger partial charge is 0.343 e. The molecule has 0 aliphatic heterocycles. The molecule has 2 aromatic carbocycles. The molecule has 0 fully saturated rings. The average molecular weight is 583 g/mol. The van der Waals surface area contributed by atoms with E-state index in [-0.39, 0.29) is 24.0 Å². The van der Waals surface area contributed by atoms with Gasteiger partial charge in [0.05, 0.1) is 18.8 Å². The number of aliphatic hydroxyl groups excluding tert-OH is 1. The second kappa shape index (κ2) is 18.0. The summed E-state index contributed by atoms with van der Waals surface area (Å²) in [7, 11) is 0. The topological polar surface area (TPSA) is 108 Å². The molecule has 0 saturated carbocycles. The lowest BCUT2D eigenvalue weighted by molar-refractivity contribution is -0.139. The number of hydrogen-bond donors (Lipinski definition) is 1. The fourth-order valence-electron chi connectivity index (χ4n) is 4.05. The zero-order valence-electron chi connectivity index (χ0n) is 25.5. The van der Waals surface area contributed by atoms with Crippen molar-refractivity contribution < 1.29 is 38.4 Å². The summed E-state index contributed by atoms with van der Waals surface area (Å²) in [5.41, 5.74) is 1.21. The Morgan fingerprint density at radius 3 is 2.05 bits per heavy atom. The SMILES string of the molecule is C=C(C)C(=O)OCCCCCCOc1ccc(C(=O)Oc2ccc(OC(=O)CCCCCCO)c(C(C)(C)C)c2)cc1. The van der Waals surface area contributed by atoms with Crippen LogP contribution in [0.25, 0.3) is 0 Å². The van der Waals surface area contributed by atoms with Crippen molar-refractivity contribution in [2.24, 2.45) is 0 Å². The molecule has 0 radical (unpaired) electrons. The van der Waals surface area contributed by atoms with Crippen molar-refractivity contribution in [3.05, 3.63) is 65.7 Å². The van der Waals surface area contributed by atoms with Gasteiger partial charge in [0.2, 0.25) is 0 Å². The number of hydrogen-bond acceptors (Lipinski definition) is 8. The number of unbranched alkanes of at least 4 members (excludes halogenated alkanes) is 6. The van der Waals surface area contributed by atoms with E-state index in [1.165, 1.54) is 0 Å². The maximum absolute atomic E-state index is 12.8. The van der Waals surface area contributed by atoms with Crippen LogP contribution in [0.3, 0.4) is 0 Å². The van der Waals surface area contributed by atoms with E-state index in [4.69, 9.17) is 24.1 Å². The van der Waals surface area contributed by atoms with Crippen LogP contribution in [0.2, 0.25) is 0 Å². The van der Waals surface area contributed by atoms with Crippen LogP contribution in [0.5, 0.6) is 17.2 Å². The molecule has 0 aliphatic carbocycles. The van der Waals surface area contributed by atoms with E-state index < -0.39 is 5.97 Å². The van der Waals surface area contributed by atoms with Crippen molar-refractivity contribution in [3.63, 3.8) is 0 Å². The van der Waals surface area contributed by atoms with Gasteiger partial charge in [0.1, 0.15) is 17.2 Å². The molecule has 42 heavy (non-hydrogen) atoms. The predicted octanol–water partition coefficient (Wildman–Crippen LogP) is 7.11. The first-order valence-corrected chi connectivity index (χ1v) is 14.7. The second-order valence-electron chi connectivity index (χ2n) is 11.4. The summed E-state index contributed by atoms with van der Waals surface area (Å²) in [6.45, 7) is 12.3. The van der Waals surface area contributed by atoms with Gasteiger partial charge in [0.15, 0.2) is 0 Å². The fraction of sp³-hybridized carbons (Fsp3) is 0.500. The maximum Gasteiger partial charge on any atom is 0.343 e. The van der Waals surface area contributed by atoms with Gasteiger partial charge >= 0.3 is 17.9 Å². The van der Waals surface area contributed by atoms with Crippen LogP contribution in [0.15, 0.2) is 54.6 Å². The molecule has 2 aromatic rings. The van der Waals surface area contributed by atoms with E-state index in [1.807, 2.05) is 20.8 Å². The molecule has 0 amide bonds. The van der Waals surface area contributed by atoms with Crippen LogP contribution in [0.1, 0.15) is 101 Å². The van der Waals surface area contributed by atoms with E-state index in [2.05, 4.69) is 6.58 Å².